The Hall–Kier alpha value is -4.16. The Morgan fingerprint density at radius 2 is 1.73 bits per heavy atom. The molecule has 0 saturated heterocycles. The van der Waals surface area contributed by atoms with E-state index >= 15 is 0 Å². The van der Waals surface area contributed by atoms with Gasteiger partial charge in [0.2, 0.25) is 0 Å². The van der Waals surface area contributed by atoms with Gasteiger partial charge in [0.15, 0.2) is 11.6 Å². The lowest BCUT2D eigenvalue weighted by Crippen LogP contribution is -2.20. The van der Waals surface area contributed by atoms with Crippen LogP contribution in [-0.2, 0) is 6.18 Å². The summed E-state index contributed by atoms with van der Waals surface area (Å²) in [7, 11) is 0. The van der Waals surface area contributed by atoms with Crippen LogP contribution in [-0.4, -0.2) is 34.3 Å². The Labute approximate surface area is 212 Å². The molecule has 4 rings (SSSR count). The Morgan fingerprint density at radius 3 is 2.46 bits per heavy atom. The van der Waals surface area contributed by atoms with Gasteiger partial charge in [0.25, 0.3) is 0 Å². The third kappa shape index (κ3) is 6.54. The zero-order valence-electron chi connectivity index (χ0n) is 18.7. The molecule has 0 bridgehead atoms. The van der Waals surface area contributed by atoms with E-state index in [4.69, 9.17) is 21.4 Å². The maximum absolute atomic E-state index is 14.4. The number of alkyl halides is 3. The summed E-state index contributed by atoms with van der Waals surface area (Å²) < 4.78 is 59.2. The van der Waals surface area contributed by atoms with Crippen molar-refractivity contribution >= 4 is 45.9 Å². The van der Waals surface area contributed by atoms with Crippen LogP contribution in [0.3, 0.4) is 0 Å². The molecule has 0 atom stereocenters. The zero-order valence-corrected chi connectivity index (χ0v) is 19.5. The summed E-state index contributed by atoms with van der Waals surface area (Å²) in [4.78, 5) is 20.9. The highest BCUT2D eigenvalue weighted by Crippen LogP contribution is 2.36. The fraction of sp³-hybridized carbons (Fsp3) is 0.125. The number of benzene rings is 3. The summed E-state index contributed by atoms with van der Waals surface area (Å²) in [6.07, 6.45) is -3.19. The second kappa shape index (κ2) is 10.8. The molecule has 3 aromatic carbocycles. The minimum atomic E-state index is -4.69. The largest absolute Gasteiger partial charge is 0.454 e. The van der Waals surface area contributed by atoms with Crippen LogP contribution >= 0.6 is 11.6 Å². The topological polar surface area (TPSA) is 108 Å². The lowest BCUT2D eigenvalue weighted by Gasteiger charge is -2.13. The molecular formula is C24H18ClF4N5O3. The third-order valence-electron chi connectivity index (χ3n) is 4.88. The van der Waals surface area contributed by atoms with E-state index in [0.29, 0.717) is 22.9 Å². The van der Waals surface area contributed by atoms with Crippen LogP contribution < -0.4 is 20.7 Å². The molecule has 4 N–H and O–H groups in total. The van der Waals surface area contributed by atoms with Crippen LogP contribution in [0.2, 0.25) is 5.02 Å². The lowest BCUT2D eigenvalue weighted by atomic mass is 10.2. The molecule has 192 valence electrons. The number of nitrogens with zero attached hydrogens (tertiary/aromatic N) is 2. The number of anilines is 3. The molecule has 0 aliphatic rings. The van der Waals surface area contributed by atoms with Gasteiger partial charge in [0, 0.05) is 30.1 Å². The van der Waals surface area contributed by atoms with Crippen molar-refractivity contribution in [3.05, 3.63) is 77.2 Å². The highest BCUT2D eigenvalue weighted by molar-refractivity contribution is 6.31. The van der Waals surface area contributed by atoms with Crippen molar-refractivity contribution < 1.29 is 32.2 Å². The molecule has 0 saturated carbocycles. The maximum Gasteiger partial charge on any atom is 0.417 e. The minimum Gasteiger partial charge on any atom is -0.454 e. The number of hydrogen-bond donors (Lipinski definition) is 4. The fourth-order valence-corrected chi connectivity index (χ4v) is 3.45. The summed E-state index contributed by atoms with van der Waals surface area (Å²) in [6, 6.07) is 10.3. The number of halogens is 5. The second-order valence-corrected chi connectivity index (χ2v) is 7.98. The van der Waals surface area contributed by atoms with E-state index in [1.807, 2.05) is 0 Å². The number of carbonyl (C=O) groups is 1. The van der Waals surface area contributed by atoms with Gasteiger partial charge in [-0.25, -0.2) is 14.2 Å². The summed E-state index contributed by atoms with van der Waals surface area (Å²) in [5.41, 5.74) is -0.102. The Balaban J connectivity index is 1.48. The van der Waals surface area contributed by atoms with Gasteiger partial charge in [-0.15, -0.1) is 0 Å². The highest BCUT2D eigenvalue weighted by Gasteiger charge is 2.33. The fourth-order valence-electron chi connectivity index (χ4n) is 3.22. The van der Waals surface area contributed by atoms with Gasteiger partial charge < -0.3 is 25.8 Å². The summed E-state index contributed by atoms with van der Waals surface area (Å²) in [6.45, 7) is 0.204. The molecule has 4 aromatic rings. The number of urea groups is 1. The highest BCUT2D eigenvalue weighted by atomic mass is 35.5. The van der Waals surface area contributed by atoms with Crippen LogP contribution in [0.25, 0.3) is 11.0 Å². The van der Waals surface area contributed by atoms with E-state index in [2.05, 4.69) is 25.9 Å². The van der Waals surface area contributed by atoms with Crippen molar-refractivity contribution in [1.82, 2.24) is 9.97 Å². The van der Waals surface area contributed by atoms with Crippen molar-refractivity contribution in [3.63, 3.8) is 0 Å². The van der Waals surface area contributed by atoms with Crippen molar-refractivity contribution in [2.45, 2.75) is 6.18 Å². The number of ether oxygens (including phenoxy) is 1. The van der Waals surface area contributed by atoms with E-state index in [0.717, 1.165) is 12.1 Å². The van der Waals surface area contributed by atoms with Gasteiger partial charge in [-0.2, -0.15) is 13.2 Å². The van der Waals surface area contributed by atoms with Gasteiger partial charge in [-0.05, 0) is 42.5 Å². The number of hydrogen-bond acceptors (Lipinski definition) is 6. The first-order valence-corrected chi connectivity index (χ1v) is 11.0. The van der Waals surface area contributed by atoms with Crippen molar-refractivity contribution in [2.24, 2.45) is 0 Å². The molecular weight excluding hydrogens is 518 g/mol. The average molecular weight is 536 g/mol. The van der Waals surface area contributed by atoms with Crippen LogP contribution in [0.4, 0.5) is 39.5 Å². The zero-order chi connectivity index (χ0) is 26.6. The summed E-state index contributed by atoms with van der Waals surface area (Å²) >= 11 is 5.59. The van der Waals surface area contributed by atoms with Crippen LogP contribution in [0, 0.1) is 5.82 Å². The van der Waals surface area contributed by atoms with E-state index in [9.17, 15) is 22.4 Å². The number of amides is 2. The van der Waals surface area contributed by atoms with Crippen LogP contribution in [0.5, 0.6) is 11.5 Å². The Morgan fingerprint density at radius 1 is 1.00 bits per heavy atom. The predicted molar refractivity (Wildman–Crippen MR) is 131 cm³/mol. The maximum atomic E-state index is 14.4. The molecule has 0 fully saturated rings. The van der Waals surface area contributed by atoms with Gasteiger partial charge in [0.1, 0.15) is 11.6 Å². The summed E-state index contributed by atoms with van der Waals surface area (Å²) in [5, 5.41) is 16.0. The SMILES string of the molecule is O=C(Nc1ccc(F)c(Oc2ccc3ncc(NCCO)nc3c2)c1)Nc1ccc(Cl)c(C(F)(F)F)c1. The molecule has 8 nitrogen and oxygen atoms in total. The van der Waals surface area contributed by atoms with Crippen LogP contribution in [0.1, 0.15) is 5.56 Å². The smallest absolute Gasteiger partial charge is 0.417 e. The lowest BCUT2D eigenvalue weighted by molar-refractivity contribution is -0.137. The molecule has 13 heteroatoms. The van der Waals surface area contributed by atoms with Gasteiger partial charge in [0.05, 0.1) is 34.4 Å². The number of carbonyl (C=O) groups excluding carboxylic acids is 1. The van der Waals surface area contributed by atoms with Gasteiger partial charge in [-0.1, -0.05) is 11.6 Å². The molecule has 1 aromatic heterocycles. The average Bonchev–Trinajstić information content (AvgIpc) is 2.85. The minimum absolute atomic E-state index is 0.0845. The van der Waals surface area contributed by atoms with E-state index < -0.39 is 28.6 Å². The van der Waals surface area contributed by atoms with Crippen molar-refractivity contribution in [3.8, 4) is 11.5 Å². The number of fused-ring (bicyclic) bond motifs is 1. The number of aliphatic hydroxyl groups is 1. The van der Waals surface area contributed by atoms with Crippen molar-refractivity contribution in [2.75, 3.05) is 29.1 Å². The van der Waals surface area contributed by atoms with Gasteiger partial charge >= 0.3 is 12.2 Å². The van der Waals surface area contributed by atoms with E-state index in [1.54, 1.807) is 12.1 Å². The molecule has 0 unspecified atom stereocenters. The van der Waals surface area contributed by atoms with E-state index in [1.165, 1.54) is 30.5 Å². The first-order valence-electron chi connectivity index (χ1n) is 10.7. The van der Waals surface area contributed by atoms with E-state index in [-0.39, 0.29) is 36.0 Å². The molecule has 2 amide bonds. The molecule has 1 heterocycles. The second-order valence-electron chi connectivity index (χ2n) is 7.57. The van der Waals surface area contributed by atoms with Crippen molar-refractivity contribution in [1.29, 1.82) is 0 Å². The normalized spacial score (nSPS) is 11.3. The quantitative estimate of drug-likeness (QED) is 0.207. The first kappa shape index (κ1) is 25.9. The number of rotatable bonds is 7. The van der Waals surface area contributed by atoms with Gasteiger partial charge in [-0.3, -0.25) is 4.98 Å². The molecule has 0 spiro atoms. The Kier molecular flexibility index (Phi) is 7.60. The molecule has 37 heavy (non-hydrogen) atoms. The number of aliphatic hydroxyl groups excluding tert-OH is 1. The molecule has 0 radical (unpaired) electrons. The number of nitrogens with one attached hydrogen (secondary N) is 3. The van der Waals surface area contributed by atoms with Crippen LogP contribution in [0.15, 0.2) is 60.8 Å². The first-order chi connectivity index (χ1) is 17.6. The third-order valence-corrected chi connectivity index (χ3v) is 5.21. The predicted octanol–water partition coefficient (Wildman–Crippen LogP) is 6.28. The molecule has 0 aliphatic carbocycles. The Bertz CT molecular complexity index is 1450. The standard InChI is InChI=1S/C24H18ClF4N5O3/c25-17-4-1-13(9-16(17)24(27,28)29)32-23(36)33-14-2-5-18(26)21(10-14)37-15-3-6-19-20(11-15)34-22(12-31-19)30-7-8-35/h1-6,9-12,35H,7-8H2,(H,30,34)(H2,32,33,36). The monoisotopic (exact) mass is 535 g/mol. The summed E-state index contributed by atoms with van der Waals surface area (Å²) in [5.74, 6) is -0.263. The molecule has 0 aliphatic heterocycles. The number of aromatic nitrogens is 2.